The Bertz CT molecular complexity index is 1040. The molecular formula is C27H43N5O7. The number of nitrogens with one attached hydrogen (secondary N) is 2. The molecule has 1 fully saturated rings. The number of aromatic nitrogens is 2. The van der Waals surface area contributed by atoms with Crippen molar-refractivity contribution < 1.29 is 33.5 Å². The van der Waals surface area contributed by atoms with E-state index in [4.69, 9.17) is 9.52 Å². The molecule has 1 aromatic rings. The van der Waals surface area contributed by atoms with Crippen molar-refractivity contribution in [2.24, 2.45) is 11.8 Å². The SMILES string of the molecule is CC(C)[C@H](NC(=O)[C@H]1CCCN1C(=O)[C@@H](NC(=O)CCCCC(=O)O)C(C)C)C(=O)c1nnc(C(C)(C)C)o1. The average molecular weight is 550 g/mol. The summed E-state index contributed by atoms with van der Waals surface area (Å²) in [5.41, 5.74) is -0.437. The fraction of sp³-hybridized carbons (Fsp3) is 0.741. The van der Waals surface area contributed by atoms with Gasteiger partial charge in [-0.3, -0.25) is 24.0 Å². The maximum Gasteiger partial charge on any atom is 0.303 e. The normalized spacial score (nSPS) is 17.3. The van der Waals surface area contributed by atoms with Gasteiger partial charge in [0.25, 0.3) is 5.89 Å². The van der Waals surface area contributed by atoms with Crippen LogP contribution in [-0.2, 0) is 24.6 Å². The van der Waals surface area contributed by atoms with Gasteiger partial charge < -0.3 is 25.1 Å². The number of hydrogen-bond acceptors (Lipinski definition) is 8. The van der Waals surface area contributed by atoms with Crippen molar-refractivity contribution in [3.05, 3.63) is 11.8 Å². The van der Waals surface area contributed by atoms with Gasteiger partial charge in [0.05, 0.1) is 6.04 Å². The van der Waals surface area contributed by atoms with Crippen LogP contribution in [0.25, 0.3) is 0 Å². The third-order valence-electron chi connectivity index (χ3n) is 6.66. The minimum Gasteiger partial charge on any atom is -0.481 e. The lowest BCUT2D eigenvalue weighted by Gasteiger charge is -2.31. The van der Waals surface area contributed by atoms with E-state index >= 15 is 0 Å². The van der Waals surface area contributed by atoms with Gasteiger partial charge in [-0.05, 0) is 37.5 Å². The summed E-state index contributed by atoms with van der Waals surface area (Å²) >= 11 is 0. The summed E-state index contributed by atoms with van der Waals surface area (Å²) in [4.78, 5) is 64.6. The molecule has 2 rings (SSSR count). The molecule has 1 aliphatic heterocycles. The summed E-state index contributed by atoms with van der Waals surface area (Å²) in [6.45, 7) is 13.2. The number of ketones is 1. The number of rotatable bonds is 13. The summed E-state index contributed by atoms with van der Waals surface area (Å²) < 4.78 is 5.59. The van der Waals surface area contributed by atoms with Crippen molar-refractivity contribution in [1.29, 1.82) is 0 Å². The molecular weight excluding hydrogens is 506 g/mol. The highest BCUT2D eigenvalue weighted by Crippen LogP contribution is 2.23. The number of unbranched alkanes of at least 4 members (excludes halogenated alkanes) is 1. The molecule has 2 heterocycles. The van der Waals surface area contributed by atoms with Crippen molar-refractivity contribution >= 4 is 29.5 Å². The largest absolute Gasteiger partial charge is 0.481 e. The first-order valence-electron chi connectivity index (χ1n) is 13.6. The number of hydrogen-bond donors (Lipinski definition) is 3. The molecule has 1 aromatic heterocycles. The van der Waals surface area contributed by atoms with E-state index in [0.717, 1.165) is 0 Å². The molecule has 12 heteroatoms. The van der Waals surface area contributed by atoms with Crippen LogP contribution in [0.5, 0.6) is 0 Å². The number of nitrogens with zero attached hydrogens (tertiary/aromatic N) is 3. The van der Waals surface area contributed by atoms with Gasteiger partial charge in [0.1, 0.15) is 12.1 Å². The minimum atomic E-state index is -0.922. The quantitative estimate of drug-likeness (QED) is 0.247. The van der Waals surface area contributed by atoms with Gasteiger partial charge in [-0.2, -0.15) is 0 Å². The monoisotopic (exact) mass is 549 g/mol. The van der Waals surface area contributed by atoms with Crippen LogP contribution in [0.1, 0.15) is 104 Å². The van der Waals surface area contributed by atoms with E-state index in [1.54, 1.807) is 13.8 Å². The molecule has 0 radical (unpaired) electrons. The van der Waals surface area contributed by atoms with Crippen molar-refractivity contribution in [3.8, 4) is 0 Å². The zero-order chi connectivity index (χ0) is 29.5. The summed E-state index contributed by atoms with van der Waals surface area (Å²) in [6.07, 6.45) is 1.89. The van der Waals surface area contributed by atoms with Crippen molar-refractivity contribution in [2.75, 3.05) is 6.54 Å². The highest BCUT2D eigenvalue weighted by molar-refractivity contribution is 6.00. The molecule has 3 amide bonds. The molecule has 0 bridgehead atoms. The van der Waals surface area contributed by atoms with Gasteiger partial charge in [-0.1, -0.05) is 48.5 Å². The van der Waals surface area contributed by atoms with Gasteiger partial charge in [0.15, 0.2) is 0 Å². The molecule has 0 spiro atoms. The zero-order valence-corrected chi connectivity index (χ0v) is 24.1. The van der Waals surface area contributed by atoms with Crippen LogP contribution in [0.15, 0.2) is 4.42 Å². The average Bonchev–Trinajstić information content (AvgIpc) is 3.52. The molecule has 39 heavy (non-hydrogen) atoms. The fourth-order valence-electron chi connectivity index (χ4n) is 4.35. The van der Waals surface area contributed by atoms with Crippen molar-refractivity contribution in [2.45, 2.75) is 111 Å². The second-order valence-electron chi connectivity index (χ2n) is 11.8. The van der Waals surface area contributed by atoms with Crippen molar-refractivity contribution in [3.63, 3.8) is 0 Å². The summed E-state index contributed by atoms with van der Waals surface area (Å²) in [5, 5.41) is 22.2. The molecule has 218 valence electrons. The van der Waals surface area contributed by atoms with E-state index in [9.17, 15) is 24.0 Å². The number of carboxylic acid groups (broad SMARTS) is 1. The lowest BCUT2D eigenvalue weighted by Crippen LogP contribution is -2.57. The van der Waals surface area contributed by atoms with E-state index in [0.29, 0.717) is 38.1 Å². The first-order chi connectivity index (χ1) is 18.1. The van der Waals surface area contributed by atoms with E-state index in [1.165, 1.54) is 4.90 Å². The zero-order valence-electron chi connectivity index (χ0n) is 24.1. The van der Waals surface area contributed by atoms with E-state index in [1.807, 2.05) is 34.6 Å². The fourth-order valence-corrected chi connectivity index (χ4v) is 4.35. The maximum atomic E-state index is 13.5. The predicted octanol–water partition coefficient (Wildman–Crippen LogP) is 2.47. The lowest BCUT2D eigenvalue weighted by atomic mass is 9.97. The summed E-state index contributed by atoms with van der Waals surface area (Å²) in [7, 11) is 0. The van der Waals surface area contributed by atoms with E-state index < -0.39 is 41.2 Å². The number of likely N-dealkylation sites (tertiary alicyclic amines) is 1. The van der Waals surface area contributed by atoms with Gasteiger partial charge in [-0.15, -0.1) is 10.2 Å². The lowest BCUT2D eigenvalue weighted by molar-refractivity contribution is -0.142. The molecule has 12 nitrogen and oxygen atoms in total. The van der Waals surface area contributed by atoms with Gasteiger partial charge in [0.2, 0.25) is 29.4 Å². The Hall–Kier alpha value is -3.31. The molecule has 0 aliphatic carbocycles. The Balaban J connectivity index is 2.10. The first-order valence-corrected chi connectivity index (χ1v) is 13.6. The molecule has 0 aromatic carbocycles. The highest BCUT2D eigenvalue weighted by atomic mass is 16.4. The molecule has 0 saturated carbocycles. The van der Waals surface area contributed by atoms with Gasteiger partial charge in [0, 0.05) is 24.8 Å². The third kappa shape index (κ3) is 8.86. The molecule has 3 atom stereocenters. The first kappa shape index (κ1) is 31.9. The number of carboxylic acids is 1. The second-order valence-corrected chi connectivity index (χ2v) is 11.8. The Morgan fingerprint density at radius 2 is 1.59 bits per heavy atom. The smallest absolute Gasteiger partial charge is 0.303 e. The van der Waals surface area contributed by atoms with Crippen LogP contribution in [0.2, 0.25) is 0 Å². The van der Waals surface area contributed by atoms with Gasteiger partial charge in [-0.25, -0.2) is 0 Å². The Morgan fingerprint density at radius 3 is 2.13 bits per heavy atom. The highest BCUT2D eigenvalue weighted by Gasteiger charge is 2.40. The number of aliphatic carboxylic acids is 1. The standard InChI is InChI=1S/C27H43N5O7/c1-15(2)20(22(36)24-30-31-26(39-24)27(5,6)7)29-23(37)17-11-10-14-32(17)25(38)21(16(3)4)28-18(33)12-8-9-13-19(34)35/h15-17,20-21H,8-14H2,1-7H3,(H,28,33)(H,29,37)(H,34,35)/t17-,20+,21+/m1/s1. The van der Waals surface area contributed by atoms with Crippen LogP contribution < -0.4 is 10.6 Å². The molecule has 1 saturated heterocycles. The second kappa shape index (κ2) is 13.7. The van der Waals surface area contributed by atoms with Gasteiger partial charge >= 0.3 is 5.97 Å². The van der Waals surface area contributed by atoms with Crippen molar-refractivity contribution in [1.82, 2.24) is 25.7 Å². The maximum absolute atomic E-state index is 13.5. The van der Waals surface area contributed by atoms with Crippen LogP contribution in [-0.4, -0.2) is 74.3 Å². The molecule has 1 aliphatic rings. The minimum absolute atomic E-state index is 0.0193. The Morgan fingerprint density at radius 1 is 0.974 bits per heavy atom. The Kier molecular flexibility index (Phi) is 11.2. The van der Waals surface area contributed by atoms with Crippen LogP contribution in [0, 0.1) is 11.8 Å². The summed E-state index contributed by atoms with van der Waals surface area (Å²) in [6, 6.07) is -2.54. The molecule has 0 unspecified atom stereocenters. The van der Waals surface area contributed by atoms with Crippen LogP contribution in [0.4, 0.5) is 0 Å². The van der Waals surface area contributed by atoms with Crippen LogP contribution >= 0.6 is 0 Å². The Labute approximate surface area is 229 Å². The van der Waals surface area contributed by atoms with E-state index in [-0.39, 0.29) is 42.4 Å². The summed E-state index contributed by atoms with van der Waals surface area (Å²) in [5.74, 6) is -2.94. The number of carbonyl (C=O) groups excluding carboxylic acids is 4. The number of Topliss-reactive ketones (excluding diaryl/α,β-unsaturated/α-hetero) is 1. The third-order valence-corrected chi connectivity index (χ3v) is 6.66. The predicted molar refractivity (Wildman–Crippen MR) is 142 cm³/mol. The molecule has 3 N–H and O–H groups in total. The van der Waals surface area contributed by atoms with E-state index in [2.05, 4.69) is 20.8 Å². The number of amides is 3. The topological polar surface area (TPSA) is 172 Å². The van der Waals surface area contributed by atoms with Crippen LogP contribution in [0.3, 0.4) is 0 Å². The number of carbonyl (C=O) groups is 5.